The number of para-hydroxylation sites is 4. The molecule has 7 nitrogen and oxygen atoms in total. The Morgan fingerprint density at radius 1 is 0.345 bits per heavy atom. The van der Waals surface area contributed by atoms with E-state index in [4.69, 9.17) is 29.3 Å². The van der Waals surface area contributed by atoms with E-state index in [1.54, 1.807) is 0 Å². The highest BCUT2D eigenvalue weighted by Gasteiger charge is 2.52. The van der Waals surface area contributed by atoms with Crippen LogP contribution in [0.2, 0.25) is 0 Å². The fourth-order valence-corrected chi connectivity index (χ4v) is 14.6. The molecule has 0 fully saturated rings. The highest BCUT2D eigenvalue weighted by Crippen LogP contribution is 2.63. The molecule has 0 saturated heterocycles. The monoisotopic (exact) mass is 1070 g/mol. The van der Waals surface area contributed by atoms with Crippen molar-refractivity contribution in [2.24, 2.45) is 0 Å². The van der Waals surface area contributed by atoms with Crippen molar-refractivity contribution in [3.8, 4) is 95.9 Å². The molecule has 11 aromatic carbocycles. The quantitative estimate of drug-likeness (QED) is 0.165. The number of fused-ring (bicyclic) bond motifs is 18. The van der Waals surface area contributed by atoms with E-state index in [0.29, 0.717) is 28.9 Å². The van der Waals surface area contributed by atoms with Crippen LogP contribution in [0.3, 0.4) is 0 Å². The van der Waals surface area contributed by atoms with Gasteiger partial charge in [-0.1, -0.05) is 226 Å². The van der Waals surface area contributed by atoms with Gasteiger partial charge in [-0.25, -0.2) is 24.9 Å². The fourth-order valence-electron chi connectivity index (χ4n) is 14.6. The first kappa shape index (κ1) is 46.8. The summed E-state index contributed by atoms with van der Waals surface area (Å²) in [7, 11) is 0. The summed E-state index contributed by atoms with van der Waals surface area (Å²) in [5.41, 5.74) is 24.2. The molecule has 5 heterocycles. The lowest BCUT2D eigenvalue weighted by molar-refractivity contribution is 0.659. The maximum Gasteiger partial charge on any atom is 0.180 e. The molecule has 392 valence electrons. The smallest absolute Gasteiger partial charge is 0.180 e. The zero-order valence-corrected chi connectivity index (χ0v) is 45.8. The van der Waals surface area contributed by atoms with Crippen molar-refractivity contribution >= 4 is 43.9 Å². The molecular formula is C77H48N6O. The lowest BCUT2D eigenvalue weighted by Gasteiger charge is -2.39. The maximum absolute atomic E-state index is 6.80. The molecule has 4 aromatic heterocycles. The van der Waals surface area contributed by atoms with Crippen LogP contribution in [-0.2, 0) is 10.8 Å². The van der Waals surface area contributed by atoms with Crippen molar-refractivity contribution in [2.75, 3.05) is 0 Å². The summed E-state index contributed by atoms with van der Waals surface area (Å²) in [5.74, 6) is 2.37. The number of hydrogen-bond acceptors (Lipinski definition) is 6. The van der Waals surface area contributed by atoms with Gasteiger partial charge < -0.3 is 8.98 Å². The molecule has 1 aliphatic heterocycles. The van der Waals surface area contributed by atoms with Crippen LogP contribution in [0.15, 0.2) is 259 Å². The van der Waals surface area contributed by atoms with Gasteiger partial charge in [-0.15, -0.1) is 0 Å². The molecule has 1 spiro atoms. The minimum Gasteiger partial charge on any atom is -0.452 e. The van der Waals surface area contributed by atoms with Crippen molar-refractivity contribution < 1.29 is 4.42 Å². The molecule has 0 saturated carbocycles. The predicted octanol–water partition coefficient (Wildman–Crippen LogP) is 18.6. The first-order valence-corrected chi connectivity index (χ1v) is 28.7. The largest absolute Gasteiger partial charge is 0.452 e. The fraction of sp³-hybridized carbons (Fsp3) is 0.0519. The number of aromatic nitrogens is 6. The summed E-state index contributed by atoms with van der Waals surface area (Å²) in [6, 6.07) is 91.3. The van der Waals surface area contributed by atoms with Crippen molar-refractivity contribution in [3.63, 3.8) is 0 Å². The van der Waals surface area contributed by atoms with Crippen LogP contribution in [0.1, 0.15) is 47.2 Å². The molecule has 1 unspecified atom stereocenters. The molecule has 7 heteroatoms. The Labute approximate surface area is 483 Å². The Morgan fingerprint density at radius 2 is 0.940 bits per heavy atom. The summed E-state index contributed by atoms with van der Waals surface area (Å²) in [4.78, 5) is 27.4. The minimum atomic E-state index is -0.770. The zero-order valence-electron chi connectivity index (χ0n) is 45.8. The molecule has 2 aliphatic carbocycles. The molecule has 3 aliphatic rings. The van der Waals surface area contributed by atoms with Gasteiger partial charge in [-0.05, 0) is 109 Å². The van der Waals surface area contributed by atoms with Gasteiger partial charge in [-0.2, -0.15) is 0 Å². The third-order valence-electron chi connectivity index (χ3n) is 18.3. The van der Waals surface area contributed by atoms with E-state index in [2.05, 4.69) is 237 Å². The highest BCUT2D eigenvalue weighted by molar-refractivity contribution is 6.13. The van der Waals surface area contributed by atoms with Crippen molar-refractivity contribution in [1.29, 1.82) is 0 Å². The molecule has 84 heavy (non-hydrogen) atoms. The van der Waals surface area contributed by atoms with Crippen LogP contribution in [-0.4, -0.2) is 29.5 Å². The van der Waals surface area contributed by atoms with Crippen LogP contribution in [0.5, 0.6) is 0 Å². The average Bonchev–Trinajstić information content (AvgIpc) is 1.53. The van der Waals surface area contributed by atoms with Crippen LogP contribution in [0.4, 0.5) is 0 Å². The van der Waals surface area contributed by atoms with Crippen LogP contribution in [0.25, 0.3) is 140 Å². The average molecular weight is 1070 g/mol. The zero-order chi connectivity index (χ0) is 55.4. The Hall–Kier alpha value is -10.9. The Kier molecular flexibility index (Phi) is 9.65. The first-order chi connectivity index (χ1) is 41.4. The van der Waals surface area contributed by atoms with Gasteiger partial charge in [0.1, 0.15) is 16.8 Å². The van der Waals surface area contributed by atoms with Crippen molar-refractivity contribution in [2.45, 2.75) is 24.7 Å². The van der Waals surface area contributed by atoms with Crippen LogP contribution < -0.4 is 0 Å². The molecule has 15 aromatic rings. The maximum atomic E-state index is 6.80. The molecule has 18 rings (SSSR count). The van der Waals surface area contributed by atoms with E-state index < -0.39 is 5.41 Å². The summed E-state index contributed by atoms with van der Waals surface area (Å²) in [6.45, 7) is 4.64. The molecule has 0 amide bonds. The van der Waals surface area contributed by atoms with Gasteiger partial charge >= 0.3 is 0 Å². The third-order valence-corrected chi connectivity index (χ3v) is 18.3. The summed E-state index contributed by atoms with van der Waals surface area (Å²) >= 11 is 0. The normalized spacial score (nSPS) is 14.9. The topological polar surface area (TPSA) is 82.5 Å². The van der Waals surface area contributed by atoms with Gasteiger partial charge in [0.25, 0.3) is 0 Å². The Morgan fingerprint density at radius 3 is 1.81 bits per heavy atom. The van der Waals surface area contributed by atoms with Gasteiger partial charge in [0.15, 0.2) is 28.9 Å². The standard InChI is InChI=1S/C77H48N6O/c1-76(2)58-31-12-9-26-51(58)52-40-38-48(44-63(52)76)68-71-69(55-28-11-16-37-66(55)84-71)79-73(78-68)50-39-41-59-57(43-50)67-56(75-81-72(46-22-7-4-8-23-46)80-74(82-75)49-25-17-24-47(42-49)45-20-5-3-6-21-45)30-19-33-61(67)77(59)60-32-13-15-36-65(60)83-64-35-14-10-27-53(64)54-29-18-34-62(77)70(54)83/h3-44H,1-2H3. The van der Waals surface area contributed by atoms with Gasteiger partial charge in [0.05, 0.1) is 22.1 Å². The Balaban J connectivity index is 0.916. The van der Waals surface area contributed by atoms with E-state index in [0.717, 1.165) is 89.1 Å². The number of hydrogen-bond donors (Lipinski definition) is 0. The van der Waals surface area contributed by atoms with Gasteiger partial charge in [0, 0.05) is 49.4 Å². The van der Waals surface area contributed by atoms with E-state index in [1.165, 1.54) is 55.2 Å². The van der Waals surface area contributed by atoms with Gasteiger partial charge in [0.2, 0.25) is 0 Å². The molecule has 1 atom stereocenters. The molecule has 0 N–H and O–H groups in total. The summed E-state index contributed by atoms with van der Waals surface area (Å²) < 4.78 is 9.29. The molecule has 0 bridgehead atoms. The number of rotatable bonds is 6. The third kappa shape index (κ3) is 6.43. The second kappa shape index (κ2) is 17.3. The van der Waals surface area contributed by atoms with Crippen LogP contribution in [0, 0.1) is 0 Å². The predicted molar refractivity (Wildman–Crippen MR) is 338 cm³/mol. The van der Waals surface area contributed by atoms with Crippen molar-refractivity contribution in [3.05, 3.63) is 288 Å². The van der Waals surface area contributed by atoms with E-state index in [1.807, 2.05) is 36.4 Å². The Bertz CT molecular complexity index is 5310. The summed E-state index contributed by atoms with van der Waals surface area (Å²) in [5, 5.41) is 3.38. The SMILES string of the molecule is CC1(C)c2ccccc2-c2ccc(-c3nc(-c4ccc5c(c4)-c4c(-c6nc(-c7ccccc7)nc(-c7cccc(-c8ccccc8)c7)n6)cccc4C54c5ccccc5-n5c6ccccc6c6cccc4c65)nc4c3oc3ccccc34)cc21. The lowest BCUT2D eigenvalue weighted by Crippen LogP contribution is -2.33. The van der Waals surface area contributed by atoms with E-state index in [9.17, 15) is 0 Å². The van der Waals surface area contributed by atoms with E-state index >= 15 is 0 Å². The highest BCUT2D eigenvalue weighted by atomic mass is 16.3. The molecular weight excluding hydrogens is 1020 g/mol. The number of furan rings is 1. The number of nitrogens with zero attached hydrogens (tertiary/aromatic N) is 6. The number of benzene rings is 11. The van der Waals surface area contributed by atoms with E-state index in [-0.39, 0.29) is 5.41 Å². The second-order valence-electron chi connectivity index (χ2n) is 23.0. The second-order valence-corrected chi connectivity index (χ2v) is 23.0. The van der Waals surface area contributed by atoms with Crippen molar-refractivity contribution in [1.82, 2.24) is 29.5 Å². The summed E-state index contributed by atoms with van der Waals surface area (Å²) in [6.07, 6.45) is 0. The molecule has 0 radical (unpaired) electrons. The first-order valence-electron chi connectivity index (χ1n) is 28.7. The van der Waals surface area contributed by atoms with Gasteiger partial charge in [-0.3, -0.25) is 0 Å². The lowest BCUT2D eigenvalue weighted by atomic mass is 9.65. The van der Waals surface area contributed by atoms with Crippen LogP contribution >= 0.6 is 0 Å². The minimum absolute atomic E-state index is 0.213.